The molecule has 10 nitrogen and oxygen atoms in total. The SMILES string of the molecule is Cl.N#Cc1ccc2c(c1)N(CCC13CCC(NCc4ccc5c(n4)NC(=O)CO5)(CC1)CO3)C(=O)CO2. The molecule has 5 heterocycles. The van der Waals surface area contributed by atoms with Gasteiger partial charge in [0.15, 0.2) is 24.8 Å². The van der Waals surface area contributed by atoms with Gasteiger partial charge in [-0.2, -0.15) is 5.26 Å². The zero-order chi connectivity index (χ0) is 24.8. The zero-order valence-electron chi connectivity index (χ0n) is 20.2. The van der Waals surface area contributed by atoms with E-state index in [4.69, 9.17) is 14.2 Å². The van der Waals surface area contributed by atoms with Crippen LogP contribution in [0.25, 0.3) is 0 Å². The van der Waals surface area contributed by atoms with Gasteiger partial charge in [-0.3, -0.25) is 9.59 Å². The number of fused-ring (bicyclic) bond motifs is 5. The van der Waals surface area contributed by atoms with Crippen molar-refractivity contribution in [3.05, 3.63) is 41.6 Å². The van der Waals surface area contributed by atoms with Gasteiger partial charge >= 0.3 is 0 Å². The monoisotopic (exact) mass is 525 g/mol. The predicted octanol–water partition coefficient (Wildman–Crippen LogP) is 2.69. The maximum atomic E-state index is 12.6. The summed E-state index contributed by atoms with van der Waals surface area (Å²) in [6, 6.07) is 11.0. The number of carbonyl (C=O) groups excluding carboxylic acids is 2. The number of pyridine rings is 1. The van der Waals surface area contributed by atoms with Crippen molar-refractivity contribution in [2.45, 2.75) is 49.8 Å². The summed E-state index contributed by atoms with van der Waals surface area (Å²) >= 11 is 0. The van der Waals surface area contributed by atoms with Crippen molar-refractivity contribution in [3.8, 4) is 17.6 Å². The summed E-state index contributed by atoms with van der Waals surface area (Å²) in [6.45, 7) is 1.72. The average Bonchev–Trinajstić information content (AvgIpc) is 2.92. The second-order valence-corrected chi connectivity index (χ2v) is 9.97. The quantitative estimate of drug-likeness (QED) is 0.589. The van der Waals surface area contributed by atoms with E-state index in [2.05, 4.69) is 21.7 Å². The fourth-order valence-electron chi connectivity index (χ4n) is 5.53. The van der Waals surface area contributed by atoms with Gasteiger partial charge in [-0.05, 0) is 62.4 Å². The van der Waals surface area contributed by atoms with Crippen LogP contribution in [0.4, 0.5) is 11.5 Å². The van der Waals surface area contributed by atoms with Gasteiger partial charge < -0.3 is 29.7 Å². The molecular weight excluding hydrogens is 498 g/mol. The molecule has 194 valence electrons. The van der Waals surface area contributed by atoms with Gasteiger partial charge in [-0.25, -0.2) is 4.98 Å². The molecule has 2 amide bonds. The topological polar surface area (TPSA) is 126 Å². The van der Waals surface area contributed by atoms with Gasteiger partial charge in [-0.1, -0.05) is 0 Å². The number of anilines is 2. The number of hydrogen-bond acceptors (Lipinski definition) is 8. The minimum atomic E-state index is -0.249. The first-order valence-corrected chi connectivity index (χ1v) is 12.3. The summed E-state index contributed by atoms with van der Waals surface area (Å²) in [5.41, 5.74) is 1.63. The Labute approximate surface area is 220 Å². The summed E-state index contributed by atoms with van der Waals surface area (Å²) in [5, 5.41) is 15.7. The van der Waals surface area contributed by atoms with E-state index in [0.717, 1.165) is 37.8 Å². The van der Waals surface area contributed by atoms with E-state index >= 15 is 0 Å². The number of nitriles is 1. The first-order chi connectivity index (χ1) is 17.5. The summed E-state index contributed by atoms with van der Waals surface area (Å²) in [7, 11) is 0. The summed E-state index contributed by atoms with van der Waals surface area (Å²) < 4.78 is 17.4. The average molecular weight is 526 g/mol. The van der Waals surface area contributed by atoms with E-state index in [0.29, 0.717) is 48.3 Å². The van der Waals surface area contributed by atoms with Gasteiger partial charge in [0.25, 0.3) is 11.8 Å². The number of amides is 2. The fourth-order valence-corrected chi connectivity index (χ4v) is 5.53. The lowest BCUT2D eigenvalue weighted by Gasteiger charge is -2.54. The third-order valence-corrected chi connectivity index (χ3v) is 7.77. The maximum Gasteiger partial charge on any atom is 0.265 e. The highest BCUT2D eigenvalue weighted by Gasteiger charge is 2.49. The van der Waals surface area contributed by atoms with Crippen LogP contribution in [0.5, 0.6) is 11.5 Å². The molecule has 4 aliphatic heterocycles. The number of aromatic nitrogens is 1. The number of hydrogen-bond donors (Lipinski definition) is 2. The number of ether oxygens (including phenoxy) is 3. The van der Waals surface area contributed by atoms with Crippen molar-refractivity contribution in [3.63, 3.8) is 0 Å². The molecule has 0 spiro atoms. The zero-order valence-corrected chi connectivity index (χ0v) is 21.1. The summed E-state index contributed by atoms with van der Waals surface area (Å²) in [4.78, 5) is 30.5. The maximum absolute atomic E-state index is 12.6. The van der Waals surface area contributed by atoms with Gasteiger partial charge in [0.05, 0.1) is 35.2 Å². The van der Waals surface area contributed by atoms with Crippen LogP contribution < -0.4 is 25.0 Å². The molecule has 1 aromatic carbocycles. The Bertz CT molecular complexity index is 1250. The van der Waals surface area contributed by atoms with E-state index in [1.54, 1.807) is 23.1 Å². The summed E-state index contributed by atoms with van der Waals surface area (Å²) in [6.07, 6.45) is 4.50. The van der Waals surface area contributed by atoms with Crippen LogP contribution in [0, 0.1) is 11.3 Å². The highest BCUT2D eigenvalue weighted by molar-refractivity contribution is 5.98. The molecule has 1 saturated carbocycles. The van der Waals surface area contributed by atoms with Crippen LogP contribution in [0.15, 0.2) is 30.3 Å². The van der Waals surface area contributed by atoms with Gasteiger partial charge in [0.1, 0.15) is 5.75 Å². The minimum absolute atomic E-state index is 0. The van der Waals surface area contributed by atoms with Gasteiger partial charge in [-0.15, -0.1) is 12.4 Å². The van der Waals surface area contributed by atoms with Crippen LogP contribution in [0.2, 0.25) is 0 Å². The van der Waals surface area contributed by atoms with Gasteiger partial charge in [0, 0.05) is 18.6 Å². The molecule has 2 aromatic rings. The normalized spacial score (nSPS) is 25.5. The lowest BCUT2D eigenvalue weighted by Crippen LogP contribution is -2.62. The molecule has 2 saturated heterocycles. The molecule has 0 unspecified atom stereocenters. The smallest absolute Gasteiger partial charge is 0.265 e. The number of halogens is 1. The third kappa shape index (κ3) is 4.82. The van der Waals surface area contributed by atoms with E-state index < -0.39 is 0 Å². The lowest BCUT2D eigenvalue weighted by molar-refractivity contribution is -0.164. The Kier molecular flexibility index (Phi) is 6.70. The number of carbonyl (C=O) groups is 2. The first kappa shape index (κ1) is 25.3. The third-order valence-electron chi connectivity index (χ3n) is 7.77. The Morgan fingerprint density at radius 3 is 2.62 bits per heavy atom. The van der Waals surface area contributed by atoms with Crippen LogP contribution in [-0.4, -0.2) is 54.3 Å². The molecule has 5 aliphatic rings. The van der Waals surface area contributed by atoms with Crippen molar-refractivity contribution >= 4 is 35.7 Å². The van der Waals surface area contributed by atoms with Crippen LogP contribution >= 0.6 is 12.4 Å². The first-order valence-electron chi connectivity index (χ1n) is 12.3. The van der Waals surface area contributed by atoms with Crippen molar-refractivity contribution in [2.24, 2.45) is 0 Å². The van der Waals surface area contributed by atoms with Crippen molar-refractivity contribution < 1.29 is 23.8 Å². The number of rotatable bonds is 6. The van der Waals surface area contributed by atoms with Crippen LogP contribution in [0.1, 0.15) is 43.4 Å². The Morgan fingerprint density at radius 1 is 1.08 bits per heavy atom. The summed E-state index contributed by atoms with van der Waals surface area (Å²) in [5.74, 6) is 1.38. The standard InChI is InChI=1S/C26H27N5O5.ClH/c27-12-17-1-3-20-19(11-17)31(23(33)15-35-20)10-9-26-7-5-25(6-8-26,16-36-26)28-13-18-2-4-21-24(29-18)30-22(32)14-34-21;/h1-4,11,28H,5-10,13-16H2,(H,29,30,32);1H. The molecule has 2 bridgehead atoms. The molecule has 1 aromatic heterocycles. The second-order valence-electron chi connectivity index (χ2n) is 9.97. The van der Waals surface area contributed by atoms with Crippen molar-refractivity contribution in [2.75, 3.05) is 36.6 Å². The second kappa shape index (κ2) is 9.82. The molecule has 11 heteroatoms. The predicted molar refractivity (Wildman–Crippen MR) is 136 cm³/mol. The van der Waals surface area contributed by atoms with E-state index in [1.165, 1.54) is 0 Å². The van der Waals surface area contributed by atoms with Crippen molar-refractivity contribution in [1.82, 2.24) is 10.3 Å². The van der Waals surface area contributed by atoms with E-state index in [-0.39, 0.29) is 48.6 Å². The highest BCUT2D eigenvalue weighted by atomic mass is 35.5. The molecule has 0 atom stereocenters. The minimum Gasteiger partial charge on any atom is -0.482 e. The number of nitrogens with zero attached hydrogens (tertiary/aromatic N) is 3. The molecule has 7 rings (SSSR count). The fraction of sp³-hybridized carbons (Fsp3) is 0.462. The van der Waals surface area contributed by atoms with Crippen molar-refractivity contribution in [1.29, 1.82) is 5.26 Å². The Balaban J connectivity index is 0.00000280. The molecule has 0 radical (unpaired) electrons. The largest absolute Gasteiger partial charge is 0.482 e. The molecule has 2 N–H and O–H groups in total. The van der Waals surface area contributed by atoms with Crippen LogP contribution in [-0.2, 0) is 20.9 Å². The lowest BCUT2D eigenvalue weighted by atomic mass is 9.70. The number of nitrogens with one attached hydrogen (secondary N) is 2. The van der Waals surface area contributed by atoms with Gasteiger partial charge in [0.2, 0.25) is 0 Å². The molecule has 37 heavy (non-hydrogen) atoms. The molecule has 3 fully saturated rings. The van der Waals surface area contributed by atoms with E-state index in [9.17, 15) is 14.9 Å². The Morgan fingerprint density at radius 2 is 1.86 bits per heavy atom. The Hall–Kier alpha value is -3.39. The van der Waals surface area contributed by atoms with E-state index in [1.807, 2.05) is 12.1 Å². The number of benzene rings is 1. The highest BCUT2D eigenvalue weighted by Crippen LogP contribution is 2.46. The molecular formula is C26H28ClN5O5. The van der Waals surface area contributed by atoms with Crippen LogP contribution in [0.3, 0.4) is 0 Å². The molecule has 1 aliphatic carbocycles.